The maximum atomic E-state index is 5.33. The fourth-order valence-electron chi connectivity index (χ4n) is 6.50. The molecule has 0 saturated carbocycles. The van der Waals surface area contributed by atoms with Crippen molar-refractivity contribution in [1.29, 1.82) is 0 Å². The van der Waals surface area contributed by atoms with Gasteiger partial charge in [0.2, 0.25) is 0 Å². The number of rotatable bonds is 4. The lowest BCUT2D eigenvalue weighted by Gasteiger charge is -2.37. The van der Waals surface area contributed by atoms with Gasteiger partial charge in [-0.3, -0.25) is 9.98 Å². The highest BCUT2D eigenvalue weighted by Crippen LogP contribution is 2.37. The molecule has 0 bridgehead atoms. The number of benzene rings is 2. The van der Waals surface area contributed by atoms with Crippen molar-refractivity contribution in [2.45, 2.75) is 32.9 Å². The Bertz CT molecular complexity index is 1700. The normalized spacial score (nSPS) is 26.6. The Labute approximate surface area is 236 Å². The largest absolute Gasteiger partial charge is 0.366 e. The molecule has 2 heterocycles. The predicted octanol–water partition coefficient (Wildman–Crippen LogP) is 6.27. The third-order valence-electron chi connectivity index (χ3n) is 8.73. The van der Waals surface area contributed by atoms with Crippen LogP contribution >= 0.6 is 0 Å². The Balaban J connectivity index is 1.23. The van der Waals surface area contributed by atoms with Crippen LogP contribution in [0.3, 0.4) is 0 Å². The van der Waals surface area contributed by atoms with Gasteiger partial charge >= 0.3 is 0 Å². The van der Waals surface area contributed by atoms with E-state index in [1.165, 1.54) is 27.3 Å². The molecule has 7 rings (SSSR count). The number of hydrogen-bond donors (Lipinski definition) is 1. The summed E-state index contributed by atoms with van der Waals surface area (Å²) in [5.74, 6) is 1.68. The number of nitrogens with zero attached hydrogens (tertiary/aromatic N) is 2. The minimum atomic E-state index is 0.0101. The predicted molar refractivity (Wildman–Crippen MR) is 166 cm³/mol. The molecule has 1 aliphatic heterocycles. The van der Waals surface area contributed by atoms with Crippen molar-refractivity contribution >= 4 is 17.9 Å². The number of aryl methyl sites for hydroxylation is 1. The molecule has 1 N–H and O–H groups in total. The van der Waals surface area contributed by atoms with E-state index in [9.17, 15) is 0 Å². The molecule has 0 fully saturated rings. The quantitative estimate of drug-likeness (QED) is 0.411. The maximum Gasteiger partial charge on any atom is 0.125 e. The molecule has 4 aliphatic rings. The lowest BCUT2D eigenvalue weighted by atomic mass is 9.75. The van der Waals surface area contributed by atoms with Gasteiger partial charge in [0.05, 0.1) is 11.4 Å². The van der Waals surface area contributed by atoms with Crippen LogP contribution in [0.5, 0.6) is 0 Å². The van der Waals surface area contributed by atoms with Gasteiger partial charge in [-0.2, -0.15) is 0 Å². The molecular formula is C37H35N3. The number of aromatic nitrogens is 1. The molecule has 3 aromatic rings. The third-order valence-corrected chi connectivity index (χ3v) is 8.73. The monoisotopic (exact) mass is 521 g/mol. The molecule has 0 amide bonds. The zero-order valence-corrected chi connectivity index (χ0v) is 23.2. The van der Waals surface area contributed by atoms with Crippen LogP contribution in [-0.4, -0.2) is 16.9 Å². The van der Waals surface area contributed by atoms with Crippen molar-refractivity contribution in [3.8, 4) is 11.3 Å². The highest BCUT2D eigenvalue weighted by Gasteiger charge is 2.32. The SMILES string of the molecule is CC1=CC2C=CC(C3N=C(c4ccc(-c5ccccn5)cc4)C=C(C4C=c5ccc(C)cc5=CC4)N3)CC2C=C1. The average molecular weight is 522 g/mol. The summed E-state index contributed by atoms with van der Waals surface area (Å²) in [6.07, 6.45) is 23.0. The number of nitrogens with one attached hydrogen (secondary N) is 1. The van der Waals surface area contributed by atoms with E-state index in [-0.39, 0.29) is 6.17 Å². The first-order valence-electron chi connectivity index (χ1n) is 14.5. The van der Waals surface area contributed by atoms with Crippen molar-refractivity contribution in [2.24, 2.45) is 28.7 Å². The second kappa shape index (κ2) is 10.4. The summed E-state index contributed by atoms with van der Waals surface area (Å²) in [5.41, 5.74) is 8.24. The van der Waals surface area contributed by atoms with E-state index >= 15 is 0 Å². The summed E-state index contributed by atoms with van der Waals surface area (Å²) >= 11 is 0. The third kappa shape index (κ3) is 4.93. The van der Waals surface area contributed by atoms with Gasteiger partial charge < -0.3 is 5.32 Å². The van der Waals surface area contributed by atoms with Crippen LogP contribution in [0.25, 0.3) is 23.4 Å². The summed E-state index contributed by atoms with van der Waals surface area (Å²) in [5, 5.41) is 6.56. The Morgan fingerprint density at radius 3 is 2.55 bits per heavy atom. The van der Waals surface area contributed by atoms with Crippen LogP contribution in [0.15, 0.2) is 120 Å². The van der Waals surface area contributed by atoms with Gasteiger partial charge in [0.1, 0.15) is 6.17 Å². The zero-order chi connectivity index (χ0) is 27.1. The second-order valence-corrected chi connectivity index (χ2v) is 11.6. The van der Waals surface area contributed by atoms with Crippen molar-refractivity contribution in [2.75, 3.05) is 0 Å². The average Bonchev–Trinajstić information content (AvgIpc) is 3.01. The molecule has 3 aliphatic carbocycles. The summed E-state index contributed by atoms with van der Waals surface area (Å²) in [6, 6.07) is 21.5. The number of hydrogen-bond acceptors (Lipinski definition) is 3. The van der Waals surface area contributed by atoms with E-state index in [4.69, 9.17) is 4.99 Å². The zero-order valence-electron chi connectivity index (χ0n) is 23.2. The van der Waals surface area contributed by atoms with Crippen LogP contribution < -0.4 is 15.8 Å². The van der Waals surface area contributed by atoms with Gasteiger partial charge in [0, 0.05) is 35.2 Å². The van der Waals surface area contributed by atoms with Gasteiger partial charge in [-0.05, 0) is 66.8 Å². The minimum Gasteiger partial charge on any atom is -0.366 e. The number of aliphatic imine (C=N–C) groups is 1. The lowest BCUT2D eigenvalue weighted by molar-refractivity contribution is 0.335. The van der Waals surface area contributed by atoms with E-state index in [0.717, 1.165) is 35.4 Å². The summed E-state index contributed by atoms with van der Waals surface area (Å²) < 4.78 is 0. The first kappa shape index (κ1) is 24.8. The van der Waals surface area contributed by atoms with Gasteiger partial charge in [-0.1, -0.05) is 102 Å². The molecule has 5 atom stereocenters. The van der Waals surface area contributed by atoms with E-state index in [0.29, 0.717) is 23.7 Å². The van der Waals surface area contributed by atoms with Crippen LogP contribution in [-0.2, 0) is 0 Å². The highest BCUT2D eigenvalue weighted by atomic mass is 15.1. The fraction of sp³-hybridized carbons (Fsp3) is 0.243. The van der Waals surface area contributed by atoms with E-state index in [1.807, 2.05) is 18.3 Å². The van der Waals surface area contributed by atoms with Crippen LogP contribution in [0.1, 0.15) is 30.9 Å². The molecule has 1 aromatic heterocycles. The van der Waals surface area contributed by atoms with E-state index in [1.54, 1.807) is 0 Å². The Hall–Kier alpha value is -4.24. The lowest BCUT2D eigenvalue weighted by Crippen LogP contribution is -2.42. The molecule has 198 valence electrons. The molecule has 3 heteroatoms. The first-order valence-corrected chi connectivity index (χ1v) is 14.5. The molecular weight excluding hydrogens is 486 g/mol. The van der Waals surface area contributed by atoms with Crippen LogP contribution in [0.2, 0.25) is 0 Å². The highest BCUT2D eigenvalue weighted by molar-refractivity contribution is 6.10. The molecule has 0 radical (unpaired) electrons. The molecule has 0 saturated heterocycles. The Kier molecular flexibility index (Phi) is 6.43. The number of fused-ring (bicyclic) bond motifs is 2. The van der Waals surface area contributed by atoms with Crippen molar-refractivity contribution in [1.82, 2.24) is 10.3 Å². The van der Waals surface area contributed by atoms with Crippen LogP contribution in [0, 0.1) is 30.6 Å². The number of pyridine rings is 1. The Morgan fingerprint density at radius 1 is 0.825 bits per heavy atom. The smallest absolute Gasteiger partial charge is 0.125 e. The maximum absolute atomic E-state index is 5.33. The van der Waals surface area contributed by atoms with Crippen molar-refractivity contribution in [3.05, 3.63) is 136 Å². The van der Waals surface area contributed by atoms with Gasteiger partial charge in [0.25, 0.3) is 0 Å². The van der Waals surface area contributed by atoms with Gasteiger partial charge in [0.15, 0.2) is 0 Å². The van der Waals surface area contributed by atoms with Gasteiger partial charge in [-0.15, -0.1) is 0 Å². The molecule has 0 spiro atoms. The number of allylic oxidation sites excluding steroid dienone is 7. The molecule has 3 nitrogen and oxygen atoms in total. The summed E-state index contributed by atoms with van der Waals surface area (Å²) in [4.78, 5) is 9.85. The van der Waals surface area contributed by atoms with Gasteiger partial charge in [-0.25, -0.2) is 0 Å². The van der Waals surface area contributed by atoms with E-state index < -0.39 is 0 Å². The Morgan fingerprint density at radius 2 is 1.70 bits per heavy atom. The topological polar surface area (TPSA) is 37.3 Å². The van der Waals surface area contributed by atoms with Crippen molar-refractivity contribution < 1.29 is 0 Å². The fourth-order valence-corrected chi connectivity index (χ4v) is 6.50. The summed E-state index contributed by atoms with van der Waals surface area (Å²) in [6.45, 7) is 4.36. The van der Waals surface area contributed by atoms with E-state index in [2.05, 4.69) is 121 Å². The molecule has 5 unspecified atom stereocenters. The second-order valence-electron chi connectivity index (χ2n) is 11.6. The molecule has 2 aromatic carbocycles. The standard InChI is InChI=1S/C37H35N3/c1-24-6-8-30-21-32(16-14-28(30)19-24)36-23-35(27-12-10-26(11-13-27)34-5-3-4-18-38-34)39-37(40-36)33-17-15-29-20-25(2)7-9-31(29)22-33/h3-15,17-21,23,29,31-33,37,40H,16,22H2,1-2H3. The first-order chi connectivity index (χ1) is 19.6. The van der Waals surface area contributed by atoms with Crippen LogP contribution in [0.4, 0.5) is 0 Å². The molecule has 40 heavy (non-hydrogen) atoms. The van der Waals surface area contributed by atoms with Crippen molar-refractivity contribution in [3.63, 3.8) is 0 Å². The minimum absolute atomic E-state index is 0.0101. The summed E-state index contributed by atoms with van der Waals surface area (Å²) in [7, 11) is 0.